The SMILES string of the molecule is Cc1[nH]c(C(=O)NC2CCN(c3cc(C(=O)O)nc4ccc(F)cc34)CC2)c(Cl)c1Cl. The van der Waals surface area contributed by atoms with Gasteiger partial charge in [-0.25, -0.2) is 14.2 Å². The number of hydrogen-bond donors (Lipinski definition) is 3. The normalized spacial score (nSPS) is 14.8. The highest BCUT2D eigenvalue weighted by Crippen LogP contribution is 2.31. The number of fused-ring (bicyclic) bond motifs is 1. The molecule has 3 N–H and O–H groups in total. The number of aromatic carboxylic acids is 1. The number of rotatable bonds is 4. The van der Waals surface area contributed by atoms with E-state index >= 15 is 0 Å². The Morgan fingerprint density at radius 2 is 1.94 bits per heavy atom. The van der Waals surface area contributed by atoms with Crippen LogP contribution < -0.4 is 10.2 Å². The van der Waals surface area contributed by atoms with Crippen molar-refractivity contribution in [3.05, 3.63) is 57.2 Å². The number of carbonyl (C=O) groups excluding carboxylic acids is 1. The molecule has 31 heavy (non-hydrogen) atoms. The molecule has 1 aliphatic heterocycles. The summed E-state index contributed by atoms with van der Waals surface area (Å²) in [5.41, 5.74) is 1.78. The maximum absolute atomic E-state index is 13.8. The summed E-state index contributed by atoms with van der Waals surface area (Å²) >= 11 is 12.2. The Balaban J connectivity index is 1.51. The van der Waals surface area contributed by atoms with Crippen molar-refractivity contribution in [2.24, 2.45) is 0 Å². The Hall–Kier alpha value is -2.84. The van der Waals surface area contributed by atoms with Crippen LogP contribution >= 0.6 is 23.2 Å². The molecule has 1 saturated heterocycles. The Morgan fingerprint density at radius 3 is 2.55 bits per heavy atom. The van der Waals surface area contributed by atoms with Gasteiger partial charge in [0.05, 0.1) is 15.6 Å². The molecule has 0 aliphatic carbocycles. The van der Waals surface area contributed by atoms with Gasteiger partial charge in [0.15, 0.2) is 5.69 Å². The Labute approximate surface area is 187 Å². The van der Waals surface area contributed by atoms with E-state index in [-0.39, 0.29) is 28.4 Å². The molecule has 7 nitrogen and oxygen atoms in total. The number of aryl methyl sites for hydroxylation is 1. The number of pyridine rings is 1. The highest BCUT2D eigenvalue weighted by atomic mass is 35.5. The van der Waals surface area contributed by atoms with E-state index in [2.05, 4.69) is 15.3 Å². The largest absolute Gasteiger partial charge is 0.477 e. The molecule has 1 aromatic carbocycles. The first-order valence-corrected chi connectivity index (χ1v) is 10.4. The molecule has 10 heteroatoms. The monoisotopic (exact) mass is 464 g/mol. The van der Waals surface area contributed by atoms with Gasteiger partial charge in [-0.2, -0.15) is 0 Å². The zero-order chi connectivity index (χ0) is 22.3. The van der Waals surface area contributed by atoms with Crippen molar-refractivity contribution in [3.8, 4) is 0 Å². The summed E-state index contributed by atoms with van der Waals surface area (Å²) in [7, 11) is 0. The number of hydrogen-bond acceptors (Lipinski definition) is 4. The summed E-state index contributed by atoms with van der Waals surface area (Å²) in [5.74, 6) is -1.90. The second-order valence-corrected chi connectivity index (χ2v) is 8.24. The molecular weight excluding hydrogens is 446 g/mol. The molecule has 0 saturated carbocycles. The summed E-state index contributed by atoms with van der Waals surface area (Å²) in [6.45, 7) is 2.84. The van der Waals surface area contributed by atoms with Crippen LogP contribution in [0.1, 0.15) is 39.5 Å². The van der Waals surface area contributed by atoms with E-state index in [1.165, 1.54) is 24.3 Å². The van der Waals surface area contributed by atoms with Crippen LogP contribution in [0.4, 0.5) is 10.1 Å². The average Bonchev–Trinajstić information content (AvgIpc) is 3.01. The van der Waals surface area contributed by atoms with Gasteiger partial charge in [0.2, 0.25) is 0 Å². The molecule has 1 amide bonds. The minimum absolute atomic E-state index is 0.0917. The fourth-order valence-electron chi connectivity index (χ4n) is 3.80. The van der Waals surface area contributed by atoms with E-state index in [1.54, 1.807) is 6.92 Å². The second-order valence-electron chi connectivity index (χ2n) is 7.48. The summed E-state index contributed by atoms with van der Waals surface area (Å²) < 4.78 is 13.8. The van der Waals surface area contributed by atoms with Crippen LogP contribution in [-0.2, 0) is 0 Å². The van der Waals surface area contributed by atoms with Crippen molar-refractivity contribution in [1.29, 1.82) is 0 Å². The Bertz CT molecular complexity index is 1190. The van der Waals surface area contributed by atoms with Crippen molar-refractivity contribution >= 4 is 51.7 Å². The highest BCUT2D eigenvalue weighted by Gasteiger charge is 2.26. The molecule has 1 fully saturated rings. The van der Waals surface area contributed by atoms with Crippen LogP contribution in [0.2, 0.25) is 10.0 Å². The molecule has 0 bridgehead atoms. The van der Waals surface area contributed by atoms with Gasteiger partial charge in [-0.1, -0.05) is 23.2 Å². The lowest BCUT2D eigenvalue weighted by atomic mass is 10.0. The molecule has 0 atom stereocenters. The lowest BCUT2D eigenvalue weighted by molar-refractivity contribution is 0.0690. The first-order chi connectivity index (χ1) is 14.7. The molecule has 4 rings (SSSR count). The van der Waals surface area contributed by atoms with Gasteiger partial charge in [-0.3, -0.25) is 4.79 Å². The molecule has 2 aromatic heterocycles. The summed E-state index contributed by atoms with van der Waals surface area (Å²) in [4.78, 5) is 33.0. The van der Waals surface area contributed by atoms with Crippen LogP contribution in [0.3, 0.4) is 0 Å². The predicted octanol–water partition coefficient (Wildman–Crippen LogP) is 4.41. The Morgan fingerprint density at radius 1 is 1.23 bits per heavy atom. The maximum atomic E-state index is 13.8. The third-order valence-electron chi connectivity index (χ3n) is 5.42. The van der Waals surface area contributed by atoms with E-state index in [4.69, 9.17) is 23.2 Å². The number of aromatic amines is 1. The third-order valence-corrected chi connectivity index (χ3v) is 6.37. The van der Waals surface area contributed by atoms with Crippen LogP contribution in [0.25, 0.3) is 10.9 Å². The van der Waals surface area contributed by atoms with Gasteiger partial charge in [-0.05, 0) is 44.0 Å². The van der Waals surface area contributed by atoms with Gasteiger partial charge in [0.25, 0.3) is 5.91 Å². The third kappa shape index (κ3) is 4.18. The van der Waals surface area contributed by atoms with Crippen LogP contribution in [-0.4, -0.2) is 46.1 Å². The maximum Gasteiger partial charge on any atom is 0.354 e. The number of carbonyl (C=O) groups is 2. The van der Waals surface area contributed by atoms with E-state index in [1.807, 2.05) is 4.90 Å². The number of nitrogens with zero attached hydrogens (tertiary/aromatic N) is 2. The summed E-state index contributed by atoms with van der Waals surface area (Å²) in [5, 5.41) is 13.4. The minimum atomic E-state index is -1.15. The number of halogens is 3. The summed E-state index contributed by atoms with van der Waals surface area (Å²) in [6.07, 6.45) is 1.25. The highest BCUT2D eigenvalue weighted by molar-refractivity contribution is 6.44. The van der Waals surface area contributed by atoms with Crippen molar-refractivity contribution in [2.45, 2.75) is 25.8 Å². The fraction of sp³-hybridized carbons (Fsp3) is 0.286. The van der Waals surface area contributed by atoms with Crippen LogP contribution in [0, 0.1) is 12.7 Å². The molecule has 1 aliphatic rings. The zero-order valence-electron chi connectivity index (χ0n) is 16.5. The molecular formula is C21H19Cl2FN4O3. The zero-order valence-corrected chi connectivity index (χ0v) is 18.0. The van der Waals surface area contributed by atoms with E-state index in [0.29, 0.717) is 53.2 Å². The van der Waals surface area contributed by atoms with Gasteiger partial charge in [0.1, 0.15) is 11.5 Å². The predicted molar refractivity (Wildman–Crippen MR) is 117 cm³/mol. The van der Waals surface area contributed by atoms with Crippen LogP contribution in [0.5, 0.6) is 0 Å². The van der Waals surface area contributed by atoms with Crippen LogP contribution in [0.15, 0.2) is 24.3 Å². The average molecular weight is 465 g/mol. The number of carboxylic acid groups (broad SMARTS) is 1. The lowest BCUT2D eigenvalue weighted by Crippen LogP contribution is -2.45. The Kier molecular flexibility index (Phi) is 5.77. The number of H-pyrrole nitrogens is 1. The molecule has 3 heterocycles. The lowest BCUT2D eigenvalue weighted by Gasteiger charge is -2.34. The van der Waals surface area contributed by atoms with Crippen molar-refractivity contribution in [3.63, 3.8) is 0 Å². The minimum Gasteiger partial charge on any atom is -0.477 e. The fourth-order valence-corrected chi connectivity index (χ4v) is 4.22. The molecule has 0 radical (unpaired) electrons. The molecule has 3 aromatic rings. The first kappa shape index (κ1) is 21.4. The number of benzene rings is 1. The number of aromatic nitrogens is 2. The van der Waals surface area contributed by atoms with Gasteiger partial charge in [-0.15, -0.1) is 0 Å². The number of anilines is 1. The molecule has 0 unspecified atom stereocenters. The van der Waals surface area contributed by atoms with E-state index in [9.17, 15) is 19.1 Å². The smallest absolute Gasteiger partial charge is 0.354 e. The van der Waals surface area contributed by atoms with E-state index < -0.39 is 11.8 Å². The van der Waals surface area contributed by atoms with Gasteiger partial charge in [0, 0.05) is 35.9 Å². The first-order valence-electron chi connectivity index (χ1n) is 9.67. The van der Waals surface area contributed by atoms with Crippen molar-refractivity contribution in [1.82, 2.24) is 15.3 Å². The van der Waals surface area contributed by atoms with Crippen molar-refractivity contribution in [2.75, 3.05) is 18.0 Å². The number of nitrogens with one attached hydrogen (secondary N) is 2. The topological polar surface area (TPSA) is 98.3 Å². The van der Waals surface area contributed by atoms with E-state index in [0.717, 1.165) is 0 Å². The van der Waals surface area contributed by atoms with Crippen molar-refractivity contribution < 1.29 is 19.1 Å². The number of carboxylic acids is 1. The quantitative estimate of drug-likeness (QED) is 0.530. The van der Waals surface area contributed by atoms with Gasteiger partial charge < -0.3 is 20.3 Å². The molecule has 162 valence electrons. The number of amides is 1. The second kappa shape index (κ2) is 8.36. The summed E-state index contributed by atoms with van der Waals surface area (Å²) in [6, 6.07) is 5.46. The standard InChI is InChI=1S/C21H19Cl2FN4O3/c1-10-17(22)18(23)19(25-10)20(29)26-12-4-6-28(7-5-12)16-9-15(21(30)31)27-14-3-2-11(24)8-13(14)16/h2-3,8-9,12,25H,4-7H2,1H3,(H,26,29)(H,30,31). The molecule has 0 spiro atoms. The van der Waals surface area contributed by atoms with Gasteiger partial charge >= 0.3 is 5.97 Å². The number of piperidine rings is 1.